The predicted molar refractivity (Wildman–Crippen MR) is 95.9 cm³/mol. The first-order valence-electron chi connectivity index (χ1n) is 8.00. The molecule has 2 aromatic carbocycles. The van der Waals surface area contributed by atoms with E-state index in [1.54, 1.807) is 0 Å². The van der Waals surface area contributed by atoms with E-state index >= 15 is 0 Å². The van der Waals surface area contributed by atoms with Crippen molar-refractivity contribution in [3.8, 4) is 0 Å². The third-order valence-corrected chi connectivity index (χ3v) is 5.20. The minimum Gasteiger partial charge on any atom is -0.295 e. The molecule has 0 atom stereocenters. The molecule has 1 amide bonds. The monoisotopic (exact) mass is 359 g/mol. The molecule has 0 fully saturated rings. The van der Waals surface area contributed by atoms with E-state index in [2.05, 4.69) is 4.72 Å². The molecule has 0 saturated heterocycles. The van der Waals surface area contributed by atoms with Crippen molar-refractivity contribution < 1.29 is 18.0 Å². The van der Waals surface area contributed by atoms with E-state index in [1.165, 1.54) is 36.8 Å². The maximum atomic E-state index is 12.2. The SMILES string of the molecule is CC(=O)c1ccc(S(=O)(=O)NC(=O)CCCc2ccc(C)cc2)cc1. The fourth-order valence-corrected chi connectivity index (χ4v) is 3.35. The summed E-state index contributed by atoms with van der Waals surface area (Å²) in [5.74, 6) is -0.688. The molecule has 0 aromatic heterocycles. The molecule has 0 aliphatic carbocycles. The van der Waals surface area contributed by atoms with Gasteiger partial charge in [0.15, 0.2) is 5.78 Å². The van der Waals surface area contributed by atoms with Crippen LogP contribution < -0.4 is 4.72 Å². The predicted octanol–water partition coefficient (Wildman–Crippen LogP) is 3.03. The molecule has 0 aliphatic heterocycles. The lowest BCUT2D eigenvalue weighted by atomic mass is 10.1. The molecule has 2 rings (SSSR count). The lowest BCUT2D eigenvalue weighted by Gasteiger charge is -2.07. The summed E-state index contributed by atoms with van der Waals surface area (Å²) in [7, 11) is -3.91. The highest BCUT2D eigenvalue weighted by atomic mass is 32.2. The Morgan fingerprint density at radius 2 is 1.56 bits per heavy atom. The number of rotatable bonds is 7. The van der Waals surface area contributed by atoms with Crippen LogP contribution in [-0.4, -0.2) is 20.1 Å². The van der Waals surface area contributed by atoms with Crippen molar-refractivity contribution in [3.05, 3.63) is 65.2 Å². The second kappa shape index (κ2) is 8.07. The number of hydrogen-bond acceptors (Lipinski definition) is 4. The number of carbonyl (C=O) groups is 2. The third-order valence-electron chi connectivity index (χ3n) is 3.81. The van der Waals surface area contributed by atoms with Gasteiger partial charge in [0.25, 0.3) is 10.0 Å². The molecule has 0 spiro atoms. The molecule has 0 saturated carbocycles. The van der Waals surface area contributed by atoms with Gasteiger partial charge in [-0.1, -0.05) is 42.0 Å². The van der Waals surface area contributed by atoms with Gasteiger partial charge in [-0.25, -0.2) is 13.1 Å². The second-order valence-corrected chi connectivity index (χ2v) is 7.63. The summed E-state index contributed by atoms with van der Waals surface area (Å²) < 4.78 is 26.4. The molecule has 25 heavy (non-hydrogen) atoms. The number of carbonyl (C=O) groups excluding carboxylic acids is 2. The van der Waals surface area contributed by atoms with Crippen LogP contribution in [-0.2, 0) is 21.2 Å². The quantitative estimate of drug-likeness (QED) is 0.771. The zero-order chi connectivity index (χ0) is 18.4. The number of Topliss-reactive ketones (excluding diaryl/α,β-unsaturated/α-hetero) is 1. The van der Waals surface area contributed by atoms with Crippen LogP contribution in [0.15, 0.2) is 53.4 Å². The molecule has 2 aromatic rings. The van der Waals surface area contributed by atoms with Gasteiger partial charge in [0.1, 0.15) is 0 Å². The first-order valence-corrected chi connectivity index (χ1v) is 9.48. The smallest absolute Gasteiger partial charge is 0.264 e. The summed E-state index contributed by atoms with van der Waals surface area (Å²) in [6.45, 7) is 3.41. The Kier molecular flexibility index (Phi) is 6.09. The Morgan fingerprint density at radius 3 is 2.12 bits per heavy atom. The molecule has 1 N–H and O–H groups in total. The summed E-state index contributed by atoms with van der Waals surface area (Å²) in [6, 6.07) is 13.5. The van der Waals surface area contributed by atoms with Gasteiger partial charge < -0.3 is 0 Å². The molecule has 5 nitrogen and oxygen atoms in total. The minimum absolute atomic E-state index is 0.0376. The lowest BCUT2D eigenvalue weighted by molar-refractivity contribution is -0.119. The van der Waals surface area contributed by atoms with E-state index in [0.29, 0.717) is 18.4 Å². The second-order valence-electron chi connectivity index (χ2n) is 5.95. The highest BCUT2D eigenvalue weighted by molar-refractivity contribution is 7.90. The Morgan fingerprint density at radius 1 is 0.960 bits per heavy atom. The molecule has 0 heterocycles. The van der Waals surface area contributed by atoms with Crippen molar-refractivity contribution in [1.82, 2.24) is 4.72 Å². The molecular formula is C19H21NO4S. The Balaban J connectivity index is 1.89. The molecule has 0 bridgehead atoms. The van der Waals surface area contributed by atoms with Gasteiger partial charge in [-0.2, -0.15) is 0 Å². The third kappa shape index (κ3) is 5.53. The summed E-state index contributed by atoms with van der Waals surface area (Å²) >= 11 is 0. The standard InChI is InChI=1S/C19H21NO4S/c1-14-6-8-16(9-7-14)4-3-5-19(22)20-25(23,24)18-12-10-17(11-13-18)15(2)21/h6-13H,3-5H2,1-2H3,(H,20,22). The number of hydrogen-bond donors (Lipinski definition) is 1. The van der Waals surface area contributed by atoms with Gasteiger partial charge in [-0.05, 0) is 44.4 Å². The number of aryl methyl sites for hydroxylation is 2. The average Bonchev–Trinajstić information content (AvgIpc) is 2.56. The number of ketones is 1. The van der Waals surface area contributed by atoms with Gasteiger partial charge in [0, 0.05) is 12.0 Å². The maximum Gasteiger partial charge on any atom is 0.264 e. The van der Waals surface area contributed by atoms with Gasteiger partial charge in [-0.3, -0.25) is 9.59 Å². The average molecular weight is 359 g/mol. The topological polar surface area (TPSA) is 80.3 Å². The van der Waals surface area contributed by atoms with Crippen molar-refractivity contribution in [3.63, 3.8) is 0 Å². The highest BCUT2D eigenvalue weighted by Gasteiger charge is 2.17. The minimum atomic E-state index is -3.91. The normalized spacial score (nSPS) is 11.1. The van der Waals surface area contributed by atoms with Crippen LogP contribution in [0.25, 0.3) is 0 Å². The number of nitrogens with one attached hydrogen (secondary N) is 1. The zero-order valence-electron chi connectivity index (χ0n) is 14.3. The van der Waals surface area contributed by atoms with Crippen LogP contribution in [0.1, 0.15) is 41.3 Å². The first kappa shape index (κ1) is 18.9. The van der Waals surface area contributed by atoms with E-state index in [1.807, 2.05) is 31.2 Å². The summed E-state index contributed by atoms with van der Waals surface area (Å²) in [4.78, 5) is 23.1. The Hall–Kier alpha value is -2.47. The van der Waals surface area contributed by atoms with E-state index in [9.17, 15) is 18.0 Å². The molecule has 132 valence electrons. The van der Waals surface area contributed by atoms with E-state index < -0.39 is 15.9 Å². The Bertz CT molecular complexity index is 853. The first-order chi connectivity index (χ1) is 11.8. The lowest BCUT2D eigenvalue weighted by Crippen LogP contribution is -2.30. The zero-order valence-corrected chi connectivity index (χ0v) is 15.1. The summed E-state index contributed by atoms with van der Waals surface area (Å²) in [5.41, 5.74) is 2.70. The summed E-state index contributed by atoms with van der Waals surface area (Å²) in [6.07, 6.45) is 1.40. The van der Waals surface area contributed by atoms with Crippen LogP contribution in [0.3, 0.4) is 0 Å². The number of amides is 1. The van der Waals surface area contributed by atoms with Crippen LogP contribution in [0, 0.1) is 6.92 Å². The van der Waals surface area contributed by atoms with Crippen molar-refractivity contribution in [2.45, 2.75) is 38.0 Å². The summed E-state index contributed by atoms with van der Waals surface area (Å²) in [5, 5.41) is 0. The fourth-order valence-electron chi connectivity index (χ4n) is 2.34. The van der Waals surface area contributed by atoms with Crippen molar-refractivity contribution in [1.29, 1.82) is 0 Å². The van der Waals surface area contributed by atoms with Crippen molar-refractivity contribution >= 4 is 21.7 Å². The van der Waals surface area contributed by atoms with Crippen LogP contribution >= 0.6 is 0 Å². The van der Waals surface area contributed by atoms with Gasteiger partial charge >= 0.3 is 0 Å². The molecule has 0 aliphatic rings. The molecular weight excluding hydrogens is 338 g/mol. The van der Waals surface area contributed by atoms with Crippen molar-refractivity contribution in [2.24, 2.45) is 0 Å². The Labute approximate surface area is 148 Å². The largest absolute Gasteiger partial charge is 0.295 e. The van der Waals surface area contributed by atoms with E-state index in [0.717, 1.165) is 5.56 Å². The van der Waals surface area contributed by atoms with Crippen molar-refractivity contribution in [2.75, 3.05) is 0 Å². The van der Waals surface area contributed by atoms with Gasteiger partial charge in [0.05, 0.1) is 4.90 Å². The molecule has 6 heteroatoms. The van der Waals surface area contributed by atoms with Gasteiger partial charge in [-0.15, -0.1) is 0 Å². The van der Waals surface area contributed by atoms with Crippen LogP contribution in [0.2, 0.25) is 0 Å². The highest BCUT2D eigenvalue weighted by Crippen LogP contribution is 2.12. The molecule has 0 radical (unpaired) electrons. The molecule has 0 unspecified atom stereocenters. The number of sulfonamides is 1. The van der Waals surface area contributed by atoms with E-state index in [4.69, 9.17) is 0 Å². The van der Waals surface area contributed by atoms with Gasteiger partial charge in [0.2, 0.25) is 5.91 Å². The van der Waals surface area contributed by atoms with Crippen LogP contribution in [0.4, 0.5) is 0 Å². The van der Waals surface area contributed by atoms with E-state index in [-0.39, 0.29) is 17.1 Å². The number of benzene rings is 2. The maximum absolute atomic E-state index is 12.2. The van der Waals surface area contributed by atoms with Crippen LogP contribution in [0.5, 0.6) is 0 Å². The fraction of sp³-hybridized carbons (Fsp3) is 0.263.